The molecule has 1 fully saturated rings. The fourth-order valence-electron chi connectivity index (χ4n) is 3.14. The molecule has 7 nitrogen and oxygen atoms in total. The van der Waals surface area contributed by atoms with E-state index in [2.05, 4.69) is 11.4 Å². The van der Waals surface area contributed by atoms with Crippen molar-refractivity contribution in [3.05, 3.63) is 59.7 Å². The third-order valence-corrected chi connectivity index (χ3v) is 5.19. The van der Waals surface area contributed by atoms with Crippen LogP contribution in [0.25, 0.3) is 11.1 Å². The fraction of sp³-hybridized carbons (Fsp3) is 0.348. The number of nitrogens with two attached hydrogens (primary N) is 1. The highest BCUT2D eigenvalue weighted by atomic mass is 19.4. The van der Waals surface area contributed by atoms with Crippen molar-refractivity contribution in [2.24, 2.45) is 5.73 Å². The van der Waals surface area contributed by atoms with Crippen molar-refractivity contribution < 1.29 is 41.4 Å². The van der Waals surface area contributed by atoms with Crippen LogP contribution in [0.4, 0.5) is 22.0 Å². The predicted octanol–water partition coefficient (Wildman–Crippen LogP) is 3.32. The van der Waals surface area contributed by atoms with Crippen LogP contribution < -0.4 is 11.1 Å². The Bertz CT molecular complexity index is 1080. The van der Waals surface area contributed by atoms with Crippen LogP contribution >= 0.6 is 0 Å². The second kappa shape index (κ2) is 11.7. The van der Waals surface area contributed by atoms with Gasteiger partial charge in [0.1, 0.15) is 6.04 Å². The van der Waals surface area contributed by atoms with Gasteiger partial charge in [0.25, 0.3) is 0 Å². The minimum absolute atomic E-state index is 0.312. The number of nitrogens with one attached hydrogen (secondary N) is 1. The number of carbonyl (C=O) groups is 2. The number of alkyl halides is 3. The number of ether oxygens (including phenoxy) is 1. The van der Waals surface area contributed by atoms with E-state index in [4.69, 9.17) is 20.4 Å². The normalized spacial score (nSPS) is 15.7. The van der Waals surface area contributed by atoms with Crippen LogP contribution in [0.1, 0.15) is 18.4 Å². The maximum atomic E-state index is 13.4. The summed E-state index contributed by atoms with van der Waals surface area (Å²) in [6.45, 7) is 0.846. The van der Waals surface area contributed by atoms with E-state index in [1.165, 1.54) is 6.07 Å². The molecule has 0 saturated carbocycles. The van der Waals surface area contributed by atoms with Gasteiger partial charge in [-0.3, -0.25) is 4.79 Å². The van der Waals surface area contributed by atoms with Crippen LogP contribution in [0.3, 0.4) is 0 Å². The number of hydrogen-bond acceptors (Lipinski definition) is 5. The SMILES string of the molecule is N#C[C@H](Cc1ccc(-c2ccc(F)c(F)c2)cc1)NC(=O)C1(N)CCOCC1.O=C(O)C(F)(F)F. The molecule has 0 bridgehead atoms. The lowest BCUT2D eigenvalue weighted by atomic mass is 9.90. The number of nitrogens with zero attached hydrogens (tertiary/aromatic N) is 1. The van der Waals surface area contributed by atoms with E-state index in [-0.39, 0.29) is 5.91 Å². The number of benzene rings is 2. The van der Waals surface area contributed by atoms with Crippen LogP contribution in [0.2, 0.25) is 0 Å². The third-order valence-electron chi connectivity index (χ3n) is 5.19. The Hall–Kier alpha value is -3.56. The predicted molar refractivity (Wildman–Crippen MR) is 114 cm³/mol. The molecule has 2 aromatic carbocycles. The van der Waals surface area contributed by atoms with Crippen LogP contribution in [-0.4, -0.2) is 48.0 Å². The molecule has 12 heteroatoms. The molecule has 0 unspecified atom stereocenters. The van der Waals surface area contributed by atoms with Crippen LogP contribution in [0, 0.1) is 23.0 Å². The Morgan fingerprint density at radius 1 is 1.09 bits per heavy atom. The highest BCUT2D eigenvalue weighted by Crippen LogP contribution is 2.23. The zero-order valence-electron chi connectivity index (χ0n) is 18.2. The number of hydrogen-bond donors (Lipinski definition) is 3. The number of carboxylic acids is 1. The summed E-state index contributed by atoms with van der Waals surface area (Å²) < 4.78 is 63.4. The van der Waals surface area contributed by atoms with Crippen molar-refractivity contribution >= 4 is 11.9 Å². The average molecular weight is 499 g/mol. The number of rotatable bonds is 5. The van der Waals surface area contributed by atoms with Crippen LogP contribution in [0.15, 0.2) is 42.5 Å². The second-order valence-electron chi connectivity index (χ2n) is 7.76. The Balaban J connectivity index is 0.000000540. The molecular formula is C23H22F5N3O4. The minimum Gasteiger partial charge on any atom is -0.475 e. The lowest BCUT2D eigenvalue weighted by molar-refractivity contribution is -0.192. The first-order chi connectivity index (χ1) is 16.4. The molecule has 0 aromatic heterocycles. The molecule has 3 rings (SSSR count). The lowest BCUT2D eigenvalue weighted by Crippen LogP contribution is -2.58. The molecule has 1 saturated heterocycles. The van der Waals surface area contributed by atoms with Gasteiger partial charge in [-0.1, -0.05) is 30.3 Å². The number of carbonyl (C=O) groups excluding carboxylic acids is 1. The molecule has 4 N–H and O–H groups in total. The maximum absolute atomic E-state index is 13.4. The van der Waals surface area contributed by atoms with E-state index < -0.39 is 35.4 Å². The maximum Gasteiger partial charge on any atom is 0.490 e. The summed E-state index contributed by atoms with van der Waals surface area (Å²) in [4.78, 5) is 21.4. The van der Waals surface area contributed by atoms with Gasteiger partial charge in [-0.2, -0.15) is 18.4 Å². The molecular weight excluding hydrogens is 477 g/mol. The number of halogens is 5. The summed E-state index contributed by atoms with van der Waals surface area (Å²) in [5, 5.41) is 19.2. The van der Waals surface area contributed by atoms with E-state index in [1.54, 1.807) is 24.3 Å². The second-order valence-corrected chi connectivity index (χ2v) is 7.76. The summed E-state index contributed by atoms with van der Waals surface area (Å²) in [7, 11) is 0. The van der Waals surface area contributed by atoms with Gasteiger partial charge in [0.15, 0.2) is 11.6 Å². The largest absolute Gasteiger partial charge is 0.490 e. The topological polar surface area (TPSA) is 125 Å². The molecule has 0 spiro atoms. The monoisotopic (exact) mass is 499 g/mol. The lowest BCUT2D eigenvalue weighted by Gasteiger charge is -2.32. The highest BCUT2D eigenvalue weighted by molar-refractivity contribution is 5.86. The van der Waals surface area contributed by atoms with Gasteiger partial charge in [-0.25, -0.2) is 13.6 Å². The first-order valence-electron chi connectivity index (χ1n) is 10.3. The smallest absolute Gasteiger partial charge is 0.475 e. The summed E-state index contributed by atoms with van der Waals surface area (Å²) >= 11 is 0. The third kappa shape index (κ3) is 8.01. The molecule has 1 aliphatic rings. The van der Waals surface area contributed by atoms with Gasteiger partial charge < -0.3 is 20.9 Å². The van der Waals surface area contributed by atoms with E-state index in [9.17, 15) is 32.0 Å². The Kier molecular flexibility index (Phi) is 9.27. The van der Waals surface area contributed by atoms with Crippen molar-refractivity contribution in [1.82, 2.24) is 5.32 Å². The Morgan fingerprint density at radius 3 is 2.11 bits per heavy atom. The molecule has 1 atom stereocenters. The van der Waals surface area contributed by atoms with Crippen molar-refractivity contribution in [3.63, 3.8) is 0 Å². The van der Waals surface area contributed by atoms with Crippen molar-refractivity contribution in [2.45, 2.75) is 37.0 Å². The highest BCUT2D eigenvalue weighted by Gasteiger charge is 2.38. The molecule has 0 aliphatic carbocycles. The zero-order valence-corrected chi connectivity index (χ0v) is 18.2. The molecule has 2 aromatic rings. The number of carboxylic acid groups (broad SMARTS) is 1. The van der Waals surface area contributed by atoms with Gasteiger partial charge in [0.2, 0.25) is 5.91 Å². The van der Waals surface area contributed by atoms with E-state index in [0.717, 1.165) is 23.3 Å². The molecule has 35 heavy (non-hydrogen) atoms. The fourth-order valence-corrected chi connectivity index (χ4v) is 3.14. The summed E-state index contributed by atoms with van der Waals surface area (Å²) in [5.74, 6) is -4.90. The van der Waals surface area contributed by atoms with E-state index in [1.807, 2.05) is 0 Å². The Morgan fingerprint density at radius 2 is 1.63 bits per heavy atom. The number of aliphatic carboxylic acids is 1. The quantitative estimate of drug-likeness (QED) is 0.542. The number of amides is 1. The van der Waals surface area contributed by atoms with Crippen molar-refractivity contribution in [2.75, 3.05) is 13.2 Å². The van der Waals surface area contributed by atoms with Gasteiger partial charge >= 0.3 is 12.1 Å². The van der Waals surface area contributed by atoms with Gasteiger partial charge in [-0.05, 0) is 41.7 Å². The summed E-state index contributed by atoms with van der Waals surface area (Å²) in [5.41, 5.74) is 7.25. The number of nitriles is 1. The van der Waals surface area contributed by atoms with Gasteiger partial charge in [0, 0.05) is 19.6 Å². The molecule has 0 radical (unpaired) electrons. The van der Waals surface area contributed by atoms with Crippen LogP contribution in [-0.2, 0) is 20.7 Å². The van der Waals surface area contributed by atoms with Crippen molar-refractivity contribution in [3.8, 4) is 17.2 Å². The molecule has 1 aliphatic heterocycles. The average Bonchev–Trinajstić information content (AvgIpc) is 2.81. The molecule has 1 heterocycles. The minimum atomic E-state index is -5.08. The van der Waals surface area contributed by atoms with Crippen LogP contribution in [0.5, 0.6) is 0 Å². The van der Waals surface area contributed by atoms with E-state index in [0.29, 0.717) is 38.0 Å². The van der Waals surface area contributed by atoms with Gasteiger partial charge in [0.05, 0.1) is 11.6 Å². The zero-order chi connectivity index (χ0) is 26.2. The van der Waals surface area contributed by atoms with E-state index >= 15 is 0 Å². The first kappa shape index (κ1) is 27.7. The molecule has 1 amide bonds. The standard InChI is InChI=1S/C21H21F2N3O2.C2HF3O2/c22-18-6-5-16(12-19(18)23)15-3-1-14(2-4-15)11-17(13-24)26-20(27)21(25)7-9-28-10-8-21;3-2(4,5)1(6)7/h1-6,12,17H,7-11,25H2,(H,26,27);(H,6,7)/t17-;/m0./s1. The van der Waals surface area contributed by atoms with Crippen molar-refractivity contribution in [1.29, 1.82) is 5.26 Å². The summed E-state index contributed by atoms with van der Waals surface area (Å²) in [6, 6.07) is 12.2. The Labute approximate surface area is 197 Å². The first-order valence-corrected chi connectivity index (χ1v) is 10.3. The summed E-state index contributed by atoms with van der Waals surface area (Å²) in [6.07, 6.45) is -3.94. The van der Waals surface area contributed by atoms with Gasteiger partial charge in [-0.15, -0.1) is 0 Å². The molecule has 188 valence electrons.